The van der Waals surface area contributed by atoms with Crippen molar-refractivity contribution < 1.29 is 14.4 Å². The van der Waals surface area contributed by atoms with Gasteiger partial charge in [0, 0.05) is 24.0 Å². The van der Waals surface area contributed by atoms with Gasteiger partial charge in [0.1, 0.15) is 0 Å². The van der Waals surface area contributed by atoms with Gasteiger partial charge < -0.3 is 5.32 Å². The van der Waals surface area contributed by atoms with E-state index in [1.54, 1.807) is 18.2 Å². The van der Waals surface area contributed by atoms with Gasteiger partial charge in [0.05, 0.1) is 28.9 Å². The molecule has 2 heterocycles. The molecule has 0 saturated heterocycles. The molecule has 7 heteroatoms. The average Bonchev–Trinajstić information content (AvgIpc) is 3.11. The van der Waals surface area contributed by atoms with E-state index in [-0.39, 0.29) is 24.1 Å². The van der Waals surface area contributed by atoms with Crippen molar-refractivity contribution in [1.82, 2.24) is 14.7 Å². The summed E-state index contributed by atoms with van der Waals surface area (Å²) in [6, 6.07) is 14.5. The quantitative estimate of drug-likeness (QED) is 0.697. The first kappa shape index (κ1) is 18.6. The fraction of sp³-hybridized carbons (Fsp3) is 0.182. The Morgan fingerprint density at radius 1 is 1.00 bits per heavy atom. The molecule has 0 radical (unpaired) electrons. The lowest BCUT2D eigenvalue weighted by Gasteiger charge is -2.08. The van der Waals surface area contributed by atoms with E-state index >= 15 is 0 Å². The summed E-state index contributed by atoms with van der Waals surface area (Å²) in [7, 11) is 1.44. The Kier molecular flexibility index (Phi) is 4.50. The molecule has 3 amide bonds. The smallest absolute Gasteiger partial charge is 0.261 e. The molecule has 146 valence electrons. The van der Waals surface area contributed by atoms with E-state index < -0.39 is 0 Å². The molecule has 2 aromatic carbocycles. The van der Waals surface area contributed by atoms with Crippen molar-refractivity contribution in [2.75, 3.05) is 12.4 Å². The summed E-state index contributed by atoms with van der Waals surface area (Å²) in [6.07, 6.45) is 0.161. The second-order valence-electron chi connectivity index (χ2n) is 7.05. The number of fused-ring (bicyclic) bond motifs is 1. The van der Waals surface area contributed by atoms with E-state index in [1.807, 2.05) is 48.9 Å². The fourth-order valence-electron chi connectivity index (χ4n) is 3.56. The van der Waals surface area contributed by atoms with Gasteiger partial charge >= 0.3 is 0 Å². The van der Waals surface area contributed by atoms with E-state index in [2.05, 4.69) is 10.4 Å². The van der Waals surface area contributed by atoms with Crippen LogP contribution in [0.4, 0.5) is 5.69 Å². The minimum Gasteiger partial charge on any atom is -0.326 e. The third kappa shape index (κ3) is 3.20. The molecule has 1 aromatic heterocycles. The van der Waals surface area contributed by atoms with Crippen molar-refractivity contribution in [2.45, 2.75) is 20.3 Å². The number of imide groups is 1. The molecule has 7 nitrogen and oxygen atoms in total. The first-order valence-corrected chi connectivity index (χ1v) is 9.23. The van der Waals surface area contributed by atoms with Crippen LogP contribution in [-0.2, 0) is 11.2 Å². The van der Waals surface area contributed by atoms with Crippen molar-refractivity contribution in [2.24, 2.45) is 0 Å². The summed E-state index contributed by atoms with van der Waals surface area (Å²) in [5.41, 5.74) is 4.63. The number of hydrogen-bond acceptors (Lipinski definition) is 4. The number of nitrogens with zero attached hydrogens (tertiary/aromatic N) is 3. The molecule has 29 heavy (non-hydrogen) atoms. The van der Waals surface area contributed by atoms with Gasteiger partial charge in [-0.3, -0.25) is 19.3 Å². The minimum absolute atomic E-state index is 0.161. The van der Waals surface area contributed by atoms with Gasteiger partial charge in [-0.1, -0.05) is 18.2 Å². The van der Waals surface area contributed by atoms with Gasteiger partial charge in [-0.25, -0.2) is 4.68 Å². The van der Waals surface area contributed by atoms with Gasteiger partial charge in [-0.2, -0.15) is 5.10 Å². The summed E-state index contributed by atoms with van der Waals surface area (Å²) < 4.78 is 1.83. The number of carbonyl (C=O) groups is 3. The minimum atomic E-state index is -0.364. The zero-order valence-corrected chi connectivity index (χ0v) is 16.4. The molecule has 0 atom stereocenters. The number of amides is 3. The molecule has 0 bridgehead atoms. The molecule has 4 rings (SSSR count). The monoisotopic (exact) mass is 388 g/mol. The van der Waals surface area contributed by atoms with Crippen LogP contribution in [0.5, 0.6) is 0 Å². The third-order valence-electron chi connectivity index (χ3n) is 5.15. The second kappa shape index (κ2) is 7.01. The number of benzene rings is 2. The summed E-state index contributed by atoms with van der Waals surface area (Å²) in [6.45, 7) is 3.82. The van der Waals surface area contributed by atoms with E-state index in [0.29, 0.717) is 16.8 Å². The van der Waals surface area contributed by atoms with Gasteiger partial charge in [0.15, 0.2) is 0 Å². The Hall–Kier alpha value is -3.74. The molecule has 0 aliphatic carbocycles. The predicted molar refractivity (Wildman–Crippen MR) is 108 cm³/mol. The van der Waals surface area contributed by atoms with Crippen molar-refractivity contribution in [3.63, 3.8) is 0 Å². The fourth-order valence-corrected chi connectivity index (χ4v) is 3.56. The first-order valence-electron chi connectivity index (χ1n) is 9.23. The molecule has 1 N–H and O–H groups in total. The van der Waals surface area contributed by atoms with E-state index in [9.17, 15) is 14.4 Å². The molecule has 0 fully saturated rings. The molecular formula is C22H20N4O3. The number of hydrogen-bond donors (Lipinski definition) is 1. The van der Waals surface area contributed by atoms with Crippen molar-refractivity contribution in [3.8, 4) is 5.69 Å². The number of aryl methyl sites for hydroxylation is 1. The maximum Gasteiger partial charge on any atom is 0.261 e. The Bertz CT molecular complexity index is 1150. The van der Waals surface area contributed by atoms with Crippen LogP contribution < -0.4 is 5.32 Å². The summed E-state index contributed by atoms with van der Waals surface area (Å²) >= 11 is 0. The third-order valence-corrected chi connectivity index (χ3v) is 5.15. The largest absolute Gasteiger partial charge is 0.326 e. The van der Waals surface area contributed by atoms with Gasteiger partial charge in [0.2, 0.25) is 5.91 Å². The number of nitrogens with one attached hydrogen (secondary N) is 1. The van der Waals surface area contributed by atoms with Crippen molar-refractivity contribution >= 4 is 23.4 Å². The number of carbonyl (C=O) groups excluding carboxylic acids is 3. The summed E-state index contributed by atoms with van der Waals surface area (Å²) in [5, 5.41) is 7.38. The molecule has 3 aromatic rings. The number of aromatic nitrogens is 2. The number of rotatable bonds is 4. The van der Waals surface area contributed by atoms with Gasteiger partial charge in [-0.05, 0) is 44.2 Å². The maximum absolute atomic E-state index is 12.6. The summed E-state index contributed by atoms with van der Waals surface area (Å²) in [5.74, 6) is -0.909. The normalized spacial score (nSPS) is 13.0. The Morgan fingerprint density at radius 2 is 1.69 bits per heavy atom. The Labute approximate surface area is 167 Å². The van der Waals surface area contributed by atoms with Crippen LogP contribution in [0.15, 0.2) is 48.5 Å². The lowest BCUT2D eigenvalue weighted by atomic mass is 10.1. The van der Waals surface area contributed by atoms with Crippen molar-refractivity contribution in [3.05, 3.63) is 76.6 Å². The molecule has 0 saturated carbocycles. The highest BCUT2D eigenvalue weighted by atomic mass is 16.2. The molecule has 0 unspecified atom stereocenters. The second-order valence-corrected chi connectivity index (χ2v) is 7.05. The maximum atomic E-state index is 12.6. The van der Waals surface area contributed by atoms with Gasteiger partial charge in [0.25, 0.3) is 11.8 Å². The van der Waals surface area contributed by atoms with Crippen LogP contribution in [0.3, 0.4) is 0 Å². The highest BCUT2D eigenvalue weighted by Gasteiger charge is 2.32. The Morgan fingerprint density at radius 3 is 2.41 bits per heavy atom. The predicted octanol–water partition coefficient (Wildman–Crippen LogP) is 2.90. The standard InChI is InChI=1S/C22H20N4O3/c1-13-18(14(2)26(24-13)16-7-5-4-6-8-16)12-20(27)23-15-9-10-17-19(11-15)22(29)25(3)21(17)28/h4-11H,12H2,1-3H3,(H,23,27). The highest BCUT2D eigenvalue weighted by Crippen LogP contribution is 2.25. The molecule has 1 aliphatic heterocycles. The van der Waals surface area contributed by atoms with Gasteiger partial charge in [-0.15, -0.1) is 0 Å². The lowest BCUT2D eigenvalue weighted by molar-refractivity contribution is -0.115. The summed E-state index contributed by atoms with van der Waals surface area (Å²) in [4.78, 5) is 37.8. The average molecular weight is 388 g/mol. The van der Waals surface area contributed by atoms with Crippen LogP contribution in [-0.4, -0.2) is 39.4 Å². The van der Waals surface area contributed by atoms with Crippen LogP contribution in [0, 0.1) is 13.8 Å². The van der Waals surface area contributed by atoms with Crippen LogP contribution in [0.25, 0.3) is 5.69 Å². The van der Waals surface area contributed by atoms with E-state index in [0.717, 1.165) is 27.5 Å². The van der Waals surface area contributed by atoms with Crippen LogP contribution >= 0.6 is 0 Å². The highest BCUT2D eigenvalue weighted by molar-refractivity contribution is 6.21. The molecule has 1 aliphatic rings. The first-order chi connectivity index (χ1) is 13.9. The number of anilines is 1. The van der Waals surface area contributed by atoms with Crippen LogP contribution in [0.2, 0.25) is 0 Å². The lowest BCUT2D eigenvalue weighted by Crippen LogP contribution is -2.24. The topological polar surface area (TPSA) is 84.3 Å². The molecule has 0 spiro atoms. The van der Waals surface area contributed by atoms with Crippen LogP contribution in [0.1, 0.15) is 37.7 Å². The number of para-hydroxylation sites is 1. The van der Waals surface area contributed by atoms with Crippen molar-refractivity contribution in [1.29, 1.82) is 0 Å². The zero-order valence-electron chi connectivity index (χ0n) is 16.4. The van der Waals surface area contributed by atoms with E-state index in [1.165, 1.54) is 7.05 Å². The zero-order chi connectivity index (χ0) is 20.7. The SMILES string of the molecule is Cc1nn(-c2ccccc2)c(C)c1CC(=O)Nc1ccc2c(c1)C(=O)N(C)C2=O. The van der Waals surface area contributed by atoms with E-state index in [4.69, 9.17) is 0 Å². The molecular weight excluding hydrogens is 368 g/mol. The Balaban J connectivity index is 1.54.